The van der Waals surface area contributed by atoms with Gasteiger partial charge in [0, 0.05) is 22.2 Å². The average molecular weight is 443 g/mol. The average Bonchev–Trinajstić information content (AvgIpc) is 3.15. The van der Waals surface area contributed by atoms with Gasteiger partial charge in [-0.1, -0.05) is 48.2 Å². The van der Waals surface area contributed by atoms with Crippen molar-refractivity contribution >= 4 is 56.2 Å². The number of amides is 1. The summed E-state index contributed by atoms with van der Waals surface area (Å²) in [5.74, 6) is 0.464. The molecule has 2 aromatic heterocycles. The van der Waals surface area contributed by atoms with Crippen LogP contribution in [0.5, 0.6) is 5.75 Å². The molecule has 0 saturated heterocycles. The molecule has 0 aliphatic heterocycles. The first kappa shape index (κ1) is 20.4. The van der Waals surface area contributed by atoms with Gasteiger partial charge in [-0.05, 0) is 43.7 Å². The van der Waals surface area contributed by atoms with Gasteiger partial charge in [-0.25, -0.2) is 4.98 Å². The molecule has 1 unspecified atom stereocenters. The summed E-state index contributed by atoms with van der Waals surface area (Å²) < 4.78 is 11.5. The number of aromatic nitrogens is 1. The van der Waals surface area contributed by atoms with Gasteiger partial charge >= 0.3 is 0 Å². The summed E-state index contributed by atoms with van der Waals surface area (Å²) in [5.41, 5.74) is 4.16. The molecule has 6 heteroatoms. The van der Waals surface area contributed by atoms with Crippen molar-refractivity contribution in [3.05, 3.63) is 72.3 Å². The van der Waals surface area contributed by atoms with Gasteiger partial charge in [0.05, 0.1) is 28.6 Å². The highest BCUT2D eigenvalue weighted by molar-refractivity contribution is 8.00. The Bertz CT molecular complexity index is 1470. The normalized spacial score (nSPS) is 12.3. The maximum atomic E-state index is 13.0. The van der Waals surface area contributed by atoms with Gasteiger partial charge < -0.3 is 14.5 Å². The van der Waals surface area contributed by atoms with Crippen molar-refractivity contribution in [3.63, 3.8) is 0 Å². The first-order valence-electron chi connectivity index (χ1n) is 10.4. The van der Waals surface area contributed by atoms with E-state index in [1.165, 1.54) is 11.8 Å². The second-order valence-electron chi connectivity index (χ2n) is 7.69. The number of carbonyl (C=O) groups is 1. The number of anilines is 1. The van der Waals surface area contributed by atoms with Crippen LogP contribution in [0, 0.1) is 6.92 Å². The molecule has 3 aromatic carbocycles. The molecule has 5 aromatic rings. The van der Waals surface area contributed by atoms with Crippen molar-refractivity contribution in [2.24, 2.45) is 0 Å². The van der Waals surface area contributed by atoms with Crippen LogP contribution < -0.4 is 10.1 Å². The monoisotopic (exact) mass is 442 g/mol. The number of aryl methyl sites for hydroxylation is 1. The van der Waals surface area contributed by atoms with E-state index in [1.54, 1.807) is 7.11 Å². The van der Waals surface area contributed by atoms with E-state index < -0.39 is 0 Å². The molecule has 2 heterocycles. The smallest absolute Gasteiger partial charge is 0.237 e. The summed E-state index contributed by atoms with van der Waals surface area (Å²) in [6.07, 6.45) is 0. The summed E-state index contributed by atoms with van der Waals surface area (Å²) in [5, 5.41) is 6.56. The minimum Gasteiger partial charge on any atom is -0.495 e. The van der Waals surface area contributed by atoms with Gasteiger partial charge in [-0.15, -0.1) is 0 Å². The molecule has 0 aliphatic carbocycles. The van der Waals surface area contributed by atoms with Crippen molar-refractivity contribution in [2.45, 2.75) is 24.1 Å². The van der Waals surface area contributed by atoms with Crippen molar-refractivity contribution in [1.29, 1.82) is 0 Å². The molecule has 1 amide bonds. The van der Waals surface area contributed by atoms with Gasteiger partial charge in [-0.3, -0.25) is 4.79 Å². The van der Waals surface area contributed by atoms with Gasteiger partial charge in [0.25, 0.3) is 0 Å². The van der Waals surface area contributed by atoms with E-state index in [2.05, 4.69) is 18.3 Å². The number of pyridine rings is 1. The molecule has 0 radical (unpaired) electrons. The van der Waals surface area contributed by atoms with Crippen LogP contribution in [0.15, 0.2) is 76.2 Å². The lowest BCUT2D eigenvalue weighted by molar-refractivity contribution is -0.115. The molecular weight excluding hydrogens is 420 g/mol. The number of furan rings is 1. The standard InChI is InChI=1S/C26H22N2O3S/c1-15-12-25(27-20-10-6-4-8-17(15)20)32-16(2)26(29)28-21-14-23-19(13-24(21)30-3)18-9-5-7-11-22(18)31-23/h4-14,16H,1-3H3,(H,28,29). The Labute approximate surface area is 189 Å². The van der Waals surface area contributed by atoms with Crippen LogP contribution in [0.3, 0.4) is 0 Å². The predicted molar refractivity (Wildman–Crippen MR) is 131 cm³/mol. The number of nitrogens with zero attached hydrogens (tertiary/aromatic N) is 1. The van der Waals surface area contributed by atoms with Gasteiger partial charge in [-0.2, -0.15) is 0 Å². The maximum absolute atomic E-state index is 13.0. The predicted octanol–water partition coefficient (Wildman–Crippen LogP) is 6.57. The molecular formula is C26H22N2O3S. The molecule has 5 rings (SSSR count). The van der Waals surface area contributed by atoms with Gasteiger partial charge in [0.1, 0.15) is 16.9 Å². The fourth-order valence-electron chi connectivity index (χ4n) is 3.87. The first-order valence-corrected chi connectivity index (χ1v) is 11.2. The first-order chi connectivity index (χ1) is 15.5. The van der Waals surface area contributed by atoms with Gasteiger partial charge in [0.15, 0.2) is 0 Å². The third-order valence-corrected chi connectivity index (χ3v) is 6.54. The molecule has 0 saturated carbocycles. The van der Waals surface area contributed by atoms with Crippen molar-refractivity contribution in [2.75, 3.05) is 12.4 Å². The summed E-state index contributed by atoms with van der Waals surface area (Å²) in [7, 11) is 1.60. The molecule has 0 spiro atoms. The number of ether oxygens (including phenoxy) is 1. The topological polar surface area (TPSA) is 64.4 Å². The fourth-order valence-corrected chi connectivity index (χ4v) is 4.79. The molecule has 1 N–H and O–H groups in total. The minimum absolute atomic E-state index is 0.128. The number of carbonyl (C=O) groups excluding carboxylic acids is 1. The highest BCUT2D eigenvalue weighted by Crippen LogP contribution is 2.37. The third kappa shape index (κ3) is 3.67. The number of hydrogen-bond acceptors (Lipinski definition) is 5. The van der Waals surface area contributed by atoms with E-state index >= 15 is 0 Å². The number of thioether (sulfide) groups is 1. The quantitative estimate of drug-likeness (QED) is 0.312. The second kappa shape index (κ2) is 8.20. The number of para-hydroxylation sites is 2. The zero-order valence-corrected chi connectivity index (χ0v) is 18.8. The number of hydrogen-bond donors (Lipinski definition) is 1. The van der Waals surface area contributed by atoms with E-state index in [0.29, 0.717) is 17.0 Å². The molecule has 0 fully saturated rings. The van der Waals surface area contributed by atoms with Crippen molar-refractivity contribution in [3.8, 4) is 5.75 Å². The van der Waals surface area contributed by atoms with Crippen molar-refractivity contribution < 1.29 is 13.9 Å². The van der Waals surface area contributed by atoms with Crippen LogP contribution in [0.2, 0.25) is 0 Å². The van der Waals surface area contributed by atoms with Crippen LogP contribution in [0.4, 0.5) is 5.69 Å². The number of benzene rings is 3. The van der Waals surface area contributed by atoms with Gasteiger partial charge in [0.2, 0.25) is 5.91 Å². The van der Waals surface area contributed by atoms with Crippen LogP contribution >= 0.6 is 11.8 Å². The summed E-state index contributed by atoms with van der Waals surface area (Å²) in [4.78, 5) is 17.7. The van der Waals surface area contributed by atoms with E-state index in [1.807, 2.05) is 67.6 Å². The van der Waals surface area contributed by atoms with E-state index in [0.717, 1.165) is 37.8 Å². The number of rotatable bonds is 5. The lowest BCUT2D eigenvalue weighted by Crippen LogP contribution is -2.22. The summed E-state index contributed by atoms with van der Waals surface area (Å²) >= 11 is 1.43. The van der Waals surface area contributed by atoms with Crippen LogP contribution in [-0.2, 0) is 4.79 Å². The van der Waals surface area contributed by atoms with E-state index in [-0.39, 0.29) is 11.2 Å². The Morgan fingerprint density at radius 1 is 1.00 bits per heavy atom. The SMILES string of the molecule is COc1cc2c(cc1NC(=O)C(C)Sc1cc(C)c3ccccc3n1)oc1ccccc12. The van der Waals surface area contributed by atoms with Crippen LogP contribution in [0.1, 0.15) is 12.5 Å². The molecule has 32 heavy (non-hydrogen) atoms. The van der Waals surface area contributed by atoms with E-state index in [9.17, 15) is 4.79 Å². The molecule has 0 aliphatic rings. The fraction of sp³-hybridized carbons (Fsp3) is 0.154. The maximum Gasteiger partial charge on any atom is 0.237 e. The Kier molecular flexibility index (Phi) is 5.23. The Morgan fingerprint density at radius 2 is 1.75 bits per heavy atom. The molecule has 1 atom stereocenters. The lowest BCUT2D eigenvalue weighted by Gasteiger charge is -2.15. The van der Waals surface area contributed by atoms with Crippen LogP contribution in [0.25, 0.3) is 32.8 Å². The summed E-state index contributed by atoms with van der Waals surface area (Å²) in [6.45, 7) is 3.94. The summed E-state index contributed by atoms with van der Waals surface area (Å²) in [6, 6.07) is 21.6. The molecule has 5 nitrogen and oxygen atoms in total. The highest BCUT2D eigenvalue weighted by Gasteiger charge is 2.19. The number of nitrogens with one attached hydrogen (secondary N) is 1. The Hall–Kier alpha value is -3.51. The lowest BCUT2D eigenvalue weighted by atomic mass is 10.1. The largest absolute Gasteiger partial charge is 0.495 e. The second-order valence-corrected chi connectivity index (χ2v) is 9.05. The molecule has 160 valence electrons. The highest BCUT2D eigenvalue weighted by atomic mass is 32.2. The van der Waals surface area contributed by atoms with E-state index in [4.69, 9.17) is 14.1 Å². The zero-order chi connectivity index (χ0) is 22.2. The minimum atomic E-state index is -0.348. The van der Waals surface area contributed by atoms with Crippen molar-refractivity contribution in [1.82, 2.24) is 4.98 Å². The Balaban J connectivity index is 1.41. The number of methoxy groups -OCH3 is 1. The number of fused-ring (bicyclic) bond motifs is 4. The Morgan fingerprint density at radius 3 is 2.56 bits per heavy atom. The zero-order valence-electron chi connectivity index (χ0n) is 18.0. The van der Waals surface area contributed by atoms with Crippen LogP contribution in [-0.4, -0.2) is 23.3 Å². The molecule has 0 bridgehead atoms. The third-order valence-electron chi connectivity index (χ3n) is 5.52.